The summed E-state index contributed by atoms with van der Waals surface area (Å²) in [6, 6.07) is 4.41. The normalized spacial score (nSPS) is 12.7. The summed E-state index contributed by atoms with van der Waals surface area (Å²) in [7, 11) is 0. The van der Waals surface area contributed by atoms with Gasteiger partial charge in [-0.2, -0.15) is 0 Å². The van der Waals surface area contributed by atoms with Crippen LogP contribution in [0.1, 0.15) is 6.42 Å². The highest BCUT2D eigenvalue weighted by Crippen LogP contribution is 2.32. The molecule has 0 unspecified atom stereocenters. The molecular weight excluding hydrogens is 372 g/mol. The Kier molecular flexibility index (Phi) is 6.26. The van der Waals surface area contributed by atoms with E-state index in [2.05, 4.69) is 32.7 Å². The Balaban J connectivity index is 1.50. The van der Waals surface area contributed by atoms with E-state index in [-0.39, 0.29) is 5.75 Å². The van der Waals surface area contributed by atoms with Gasteiger partial charge in [0, 0.05) is 18.2 Å². The zero-order chi connectivity index (χ0) is 19.1. The molecule has 0 atom stereocenters. The van der Waals surface area contributed by atoms with E-state index in [1.807, 2.05) is 0 Å². The number of tetrazole rings is 1. The number of allylic oxidation sites excluding steroid dienone is 1. The molecule has 0 radical (unpaired) electrons. The number of nitrogens with zero attached hydrogens (tertiary/aromatic N) is 4. The zero-order valence-electron chi connectivity index (χ0n) is 14.4. The van der Waals surface area contributed by atoms with Crippen LogP contribution in [0.2, 0.25) is 0 Å². The molecule has 2 heterocycles. The van der Waals surface area contributed by atoms with Gasteiger partial charge in [0.1, 0.15) is 0 Å². The minimum absolute atomic E-state index is 0.00786. The molecule has 2 aromatic rings. The van der Waals surface area contributed by atoms with Gasteiger partial charge in [0.25, 0.3) is 0 Å². The van der Waals surface area contributed by atoms with Crippen molar-refractivity contribution < 1.29 is 19.1 Å². The molecule has 3 amide bonds. The molecule has 3 rings (SSSR count). The van der Waals surface area contributed by atoms with Crippen molar-refractivity contribution in [2.45, 2.75) is 18.1 Å². The maximum absolute atomic E-state index is 12.0. The van der Waals surface area contributed by atoms with Crippen LogP contribution in [0, 0.1) is 0 Å². The van der Waals surface area contributed by atoms with E-state index in [0.717, 1.165) is 18.2 Å². The van der Waals surface area contributed by atoms with Crippen LogP contribution in [0.4, 0.5) is 10.5 Å². The van der Waals surface area contributed by atoms with E-state index in [1.54, 1.807) is 24.3 Å². The van der Waals surface area contributed by atoms with Gasteiger partial charge in [-0.25, -0.2) is 9.48 Å². The van der Waals surface area contributed by atoms with Crippen molar-refractivity contribution in [3.8, 4) is 11.5 Å². The number of ether oxygens (including phenoxy) is 2. The number of hydrogen-bond acceptors (Lipinski definition) is 8. The highest BCUT2D eigenvalue weighted by atomic mass is 32.2. The second kappa shape index (κ2) is 9.03. The van der Waals surface area contributed by atoms with Crippen LogP contribution >= 0.6 is 11.8 Å². The van der Waals surface area contributed by atoms with E-state index in [4.69, 9.17) is 9.47 Å². The number of carbonyl (C=O) groups excluding carboxylic acids is 2. The number of carbonyl (C=O) groups is 2. The third-order valence-corrected chi connectivity index (χ3v) is 4.35. The maximum Gasteiger partial charge on any atom is 0.325 e. The lowest BCUT2D eigenvalue weighted by molar-refractivity contribution is -0.117. The van der Waals surface area contributed by atoms with Gasteiger partial charge in [-0.1, -0.05) is 17.8 Å². The number of urea groups is 1. The Morgan fingerprint density at radius 3 is 2.93 bits per heavy atom. The number of amides is 3. The van der Waals surface area contributed by atoms with Crippen LogP contribution < -0.4 is 20.1 Å². The van der Waals surface area contributed by atoms with Crippen molar-refractivity contribution in [2.24, 2.45) is 0 Å². The first-order valence-corrected chi connectivity index (χ1v) is 9.14. The van der Waals surface area contributed by atoms with Crippen molar-refractivity contribution in [1.82, 2.24) is 25.5 Å². The highest BCUT2D eigenvalue weighted by molar-refractivity contribution is 7.99. The fraction of sp³-hybridized carbons (Fsp3) is 0.312. The largest absolute Gasteiger partial charge is 0.490 e. The Morgan fingerprint density at radius 1 is 1.30 bits per heavy atom. The molecule has 1 aromatic heterocycles. The van der Waals surface area contributed by atoms with Gasteiger partial charge in [-0.15, -0.1) is 11.7 Å². The summed E-state index contributed by atoms with van der Waals surface area (Å²) < 4.78 is 12.6. The monoisotopic (exact) mass is 390 g/mol. The van der Waals surface area contributed by atoms with E-state index in [9.17, 15) is 9.59 Å². The summed E-state index contributed by atoms with van der Waals surface area (Å²) in [6.45, 7) is 5.17. The van der Waals surface area contributed by atoms with E-state index in [1.165, 1.54) is 4.68 Å². The number of nitrogens with one attached hydrogen (secondary N) is 2. The second-order valence-corrected chi connectivity index (χ2v) is 6.38. The third kappa shape index (κ3) is 5.20. The Morgan fingerprint density at radius 2 is 2.11 bits per heavy atom. The molecule has 142 valence electrons. The van der Waals surface area contributed by atoms with Gasteiger partial charge in [0.05, 0.1) is 25.5 Å². The molecule has 10 nitrogen and oxygen atoms in total. The van der Waals surface area contributed by atoms with Crippen molar-refractivity contribution in [3.63, 3.8) is 0 Å². The first-order chi connectivity index (χ1) is 13.2. The molecule has 1 aliphatic heterocycles. The molecule has 0 bridgehead atoms. The van der Waals surface area contributed by atoms with Crippen molar-refractivity contribution in [2.75, 3.05) is 24.3 Å². The number of benzene rings is 1. The average molecular weight is 390 g/mol. The molecule has 0 aliphatic carbocycles. The number of thioether (sulfide) groups is 1. The molecule has 0 fully saturated rings. The summed E-state index contributed by atoms with van der Waals surface area (Å²) in [6.07, 6.45) is 2.43. The minimum Gasteiger partial charge on any atom is -0.490 e. The summed E-state index contributed by atoms with van der Waals surface area (Å²) in [5.74, 6) is 0.705. The third-order valence-electron chi connectivity index (χ3n) is 3.39. The molecule has 1 aliphatic rings. The van der Waals surface area contributed by atoms with Crippen molar-refractivity contribution >= 4 is 29.4 Å². The number of anilines is 1. The van der Waals surface area contributed by atoms with Crippen LogP contribution in [0.25, 0.3) is 0 Å². The minimum atomic E-state index is -0.638. The molecular formula is C16H18N6O4S. The van der Waals surface area contributed by atoms with Crippen LogP contribution in [0.5, 0.6) is 11.5 Å². The number of aromatic nitrogens is 4. The summed E-state index contributed by atoms with van der Waals surface area (Å²) >= 11 is 1.12. The maximum atomic E-state index is 12.0. The summed E-state index contributed by atoms with van der Waals surface area (Å²) in [4.78, 5) is 24.0. The number of rotatable bonds is 6. The fourth-order valence-electron chi connectivity index (χ4n) is 2.23. The molecule has 0 saturated heterocycles. The van der Waals surface area contributed by atoms with Crippen LogP contribution in [-0.2, 0) is 11.3 Å². The summed E-state index contributed by atoms with van der Waals surface area (Å²) in [5.41, 5.74) is 0.493. The van der Waals surface area contributed by atoms with Crippen LogP contribution in [-0.4, -0.2) is 51.1 Å². The lowest BCUT2D eigenvalue weighted by Gasteiger charge is -2.10. The van der Waals surface area contributed by atoms with E-state index in [0.29, 0.717) is 42.1 Å². The Hall–Kier alpha value is -3.08. The standard InChI is InChI=1S/C16H18N6O4S/c1-2-6-22-16(19-20-21-22)27-10-14(23)18-15(24)17-11-4-5-12-13(9-11)26-8-3-7-25-12/h2,4-5,9H,1,3,6-8,10H2,(H2,17,18,23,24). The quantitative estimate of drug-likeness (QED) is 0.562. The topological polar surface area (TPSA) is 120 Å². The van der Waals surface area contributed by atoms with Gasteiger partial charge >= 0.3 is 6.03 Å². The summed E-state index contributed by atoms with van der Waals surface area (Å²) in [5, 5.41) is 16.4. The fourth-order valence-corrected chi connectivity index (χ4v) is 2.92. The van der Waals surface area contributed by atoms with Gasteiger partial charge in [0.2, 0.25) is 11.1 Å². The van der Waals surface area contributed by atoms with Gasteiger partial charge in [0.15, 0.2) is 11.5 Å². The van der Waals surface area contributed by atoms with Gasteiger partial charge < -0.3 is 14.8 Å². The molecule has 27 heavy (non-hydrogen) atoms. The molecule has 2 N–H and O–H groups in total. The SMILES string of the molecule is C=CCn1nnnc1SCC(=O)NC(=O)Nc1ccc2c(c1)OCCCO2. The lowest BCUT2D eigenvalue weighted by Crippen LogP contribution is -2.35. The Labute approximate surface area is 159 Å². The van der Waals surface area contributed by atoms with Gasteiger partial charge in [-0.05, 0) is 22.6 Å². The van der Waals surface area contributed by atoms with Gasteiger partial charge in [-0.3, -0.25) is 10.1 Å². The average Bonchev–Trinajstić information content (AvgIpc) is 2.95. The molecule has 0 saturated carbocycles. The van der Waals surface area contributed by atoms with Crippen molar-refractivity contribution in [3.05, 3.63) is 30.9 Å². The van der Waals surface area contributed by atoms with Crippen LogP contribution in [0.15, 0.2) is 36.0 Å². The first-order valence-electron chi connectivity index (χ1n) is 8.16. The highest BCUT2D eigenvalue weighted by Gasteiger charge is 2.14. The smallest absolute Gasteiger partial charge is 0.325 e. The first kappa shape index (κ1) is 18.7. The number of hydrogen-bond donors (Lipinski definition) is 2. The number of imide groups is 1. The molecule has 0 spiro atoms. The van der Waals surface area contributed by atoms with Crippen molar-refractivity contribution in [1.29, 1.82) is 0 Å². The number of fused-ring (bicyclic) bond motifs is 1. The zero-order valence-corrected chi connectivity index (χ0v) is 15.2. The lowest BCUT2D eigenvalue weighted by atomic mass is 10.3. The van der Waals surface area contributed by atoms with E-state index >= 15 is 0 Å². The molecule has 11 heteroatoms. The Bertz CT molecular complexity index is 840. The van der Waals surface area contributed by atoms with Crippen LogP contribution in [0.3, 0.4) is 0 Å². The van der Waals surface area contributed by atoms with E-state index < -0.39 is 11.9 Å². The second-order valence-electron chi connectivity index (χ2n) is 5.44. The molecule has 1 aromatic carbocycles. The predicted octanol–water partition coefficient (Wildman–Crippen LogP) is 1.46. The predicted molar refractivity (Wildman–Crippen MR) is 97.9 cm³/mol.